The van der Waals surface area contributed by atoms with Crippen molar-refractivity contribution in [3.63, 3.8) is 0 Å². The molecule has 0 radical (unpaired) electrons. The number of rotatable bonds is 6. The molecule has 3 rings (SSSR count). The van der Waals surface area contributed by atoms with Crippen molar-refractivity contribution in [3.05, 3.63) is 35.4 Å². The van der Waals surface area contributed by atoms with Crippen LogP contribution in [0, 0.1) is 18.8 Å². The first-order chi connectivity index (χ1) is 12.5. The fourth-order valence-corrected chi connectivity index (χ4v) is 4.65. The first-order valence-electron chi connectivity index (χ1n) is 9.69. The predicted octanol–water partition coefficient (Wildman–Crippen LogP) is 3.05. The molecule has 1 aromatic carbocycles. The van der Waals surface area contributed by atoms with Crippen LogP contribution in [0.3, 0.4) is 0 Å². The van der Waals surface area contributed by atoms with Gasteiger partial charge in [0.2, 0.25) is 5.91 Å². The van der Waals surface area contributed by atoms with E-state index in [9.17, 15) is 14.7 Å². The Labute approximate surface area is 155 Å². The predicted molar refractivity (Wildman–Crippen MR) is 99.0 cm³/mol. The molecule has 2 N–H and O–H groups in total. The number of carbonyl (C=O) groups excluding carboxylic acids is 1. The minimum Gasteiger partial charge on any atom is -0.481 e. The van der Waals surface area contributed by atoms with Crippen molar-refractivity contribution in [1.29, 1.82) is 0 Å². The quantitative estimate of drug-likeness (QED) is 0.818. The molecule has 1 saturated carbocycles. The summed E-state index contributed by atoms with van der Waals surface area (Å²) in [6, 6.07) is 8.07. The van der Waals surface area contributed by atoms with Crippen molar-refractivity contribution in [2.24, 2.45) is 11.8 Å². The largest absolute Gasteiger partial charge is 0.481 e. The van der Waals surface area contributed by atoms with Gasteiger partial charge in [-0.2, -0.15) is 0 Å². The van der Waals surface area contributed by atoms with Crippen LogP contribution in [0.5, 0.6) is 0 Å². The molecule has 1 amide bonds. The lowest BCUT2D eigenvalue weighted by Gasteiger charge is -2.32. The van der Waals surface area contributed by atoms with Gasteiger partial charge < -0.3 is 15.2 Å². The number of carbonyl (C=O) groups is 2. The number of hydrogen-bond acceptors (Lipinski definition) is 3. The van der Waals surface area contributed by atoms with Crippen LogP contribution in [0.4, 0.5) is 0 Å². The second-order valence-electron chi connectivity index (χ2n) is 7.71. The first kappa shape index (κ1) is 18.9. The van der Waals surface area contributed by atoms with Crippen LogP contribution in [0.25, 0.3) is 0 Å². The van der Waals surface area contributed by atoms with Gasteiger partial charge in [0.25, 0.3) is 0 Å². The highest BCUT2D eigenvalue weighted by Crippen LogP contribution is 2.42. The lowest BCUT2D eigenvalue weighted by atomic mass is 9.75. The number of carboxylic acid groups (broad SMARTS) is 1. The summed E-state index contributed by atoms with van der Waals surface area (Å²) in [6.45, 7) is 3.46. The average Bonchev–Trinajstić information content (AvgIpc) is 3.13. The molecule has 2 fully saturated rings. The highest BCUT2D eigenvalue weighted by molar-refractivity contribution is 5.89. The lowest BCUT2D eigenvalue weighted by Crippen LogP contribution is -2.47. The molecule has 5 nitrogen and oxygen atoms in total. The number of amides is 1. The van der Waals surface area contributed by atoms with Gasteiger partial charge in [-0.05, 0) is 49.7 Å². The van der Waals surface area contributed by atoms with Gasteiger partial charge in [-0.1, -0.05) is 37.1 Å². The zero-order valence-corrected chi connectivity index (χ0v) is 15.5. The molecule has 0 aromatic heterocycles. The van der Waals surface area contributed by atoms with Crippen LogP contribution < -0.4 is 5.32 Å². The Morgan fingerprint density at radius 3 is 2.50 bits per heavy atom. The highest BCUT2D eigenvalue weighted by atomic mass is 16.5. The molecule has 5 heteroatoms. The zero-order valence-electron chi connectivity index (χ0n) is 15.5. The van der Waals surface area contributed by atoms with E-state index in [1.165, 1.54) is 0 Å². The van der Waals surface area contributed by atoms with Gasteiger partial charge in [-0.15, -0.1) is 0 Å². The SMILES string of the molecule is Cc1ccccc1C1(C(=O)NCC(C(=O)O)C2CCOCC2)CCCC1. The normalized spacial score (nSPS) is 21.3. The van der Waals surface area contributed by atoms with E-state index >= 15 is 0 Å². The molecule has 1 atom stereocenters. The number of aryl methyl sites for hydroxylation is 1. The molecule has 1 aliphatic carbocycles. The molecule has 0 bridgehead atoms. The molecule has 0 spiro atoms. The standard InChI is InChI=1S/C21H29NO4/c1-15-6-2-3-7-18(15)21(10-4-5-11-21)20(25)22-14-17(19(23)24)16-8-12-26-13-9-16/h2-3,6-7,16-17H,4-5,8-14H2,1H3,(H,22,25)(H,23,24). The van der Waals surface area contributed by atoms with E-state index in [1.807, 2.05) is 31.2 Å². The van der Waals surface area contributed by atoms with Gasteiger partial charge in [-0.3, -0.25) is 9.59 Å². The van der Waals surface area contributed by atoms with E-state index in [0.29, 0.717) is 13.2 Å². The number of hydrogen-bond donors (Lipinski definition) is 2. The summed E-state index contributed by atoms with van der Waals surface area (Å²) in [5.74, 6) is -1.31. The Kier molecular flexibility index (Phi) is 5.97. The fourth-order valence-electron chi connectivity index (χ4n) is 4.65. The summed E-state index contributed by atoms with van der Waals surface area (Å²) in [5.41, 5.74) is 1.71. The summed E-state index contributed by atoms with van der Waals surface area (Å²) in [7, 11) is 0. The second kappa shape index (κ2) is 8.21. The lowest BCUT2D eigenvalue weighted by molar-refractivity contribution is -0.145. The van der Waals surface area contributed by atoms with E-state index in [0.717, 1.165) is 49.7 Å². The monoisotopic (exact) mass is 359 g/mol. The Bertz CT molecular complexity index is 645. The van der Waals surface area contributed by atoms with Crippen molar-refractivity contribution in [2.75, 3.05) is 19.8 Å². The number of benzene rings is 1. The summed E-state index contributed by atoms with van der Waals surface area (Å²) in [5, 5.41) is 12.6. The summed E-state index contributed by atoms with van der Waals surface area (Å²) < 4.78 is 5.34. The smallest absolute Gasteiger partial charge is 0.308 e. The Balaban J connectivity index is 1.74. The number of carboxylic acids is 1. The van der Waals surface area contributed by atoms with Gasteiger partial charge in [0.1, 0.15) is 0 Å². The molecule has 1 saturated heterocycles. The average molecular weight is 359 g/mol. The summed E-state index contributed by atoms with van der Waals surface area (Å²) >= 11 is 0. The molecule has 26 heavy (non-hydrogen) atoms. The maximum Gasteiger partial charge on any atom is 0.308 e. The van der Waals surface area contributed by atoms with E-state index in [1.54, 1.807) is 0 Å². The first-order valence-corrected chi connectivity index (χ1v) is 9.69. The third-order valence-electron chi connectivity index (χ3n) is 6.19. The van der Waals surface area contributed by atoms with Gasteiger partial charge in [0, 0.05) is 19.8 Å². The molecular weight excluding hydrogens is 330 g/mol. The van der Waals surface area contributed by atoms with Crippen molar-refractivity contribution >= 4 is 11.9 Å². The third-order valence-corrected chi connectivity index (χ3v) is 6.19. The van der Waals surface area contributed by atoms with Crippen molar-refractivity contribution in [2.45, 2.75) is 50.9 Å². The van der Waals surface area contributed by atoms with Crippen molar-refractivity contribution in [1.82, 2.24) is 5.32 Å². The summed E-state index contributed by atoms with van der Waals surface area (Å²) in [6.07, 6.45) is 5.22. The third kappa shape index (κ3) is 3.78. The highest BCUT2D eigenvalue weighted by Gasteiger charge is 2.44. The minimum absolute atomic E-state index is 0.0115. The molecule has 1 unspecified atom stereocenters. The maximum atomic E-state index is 13.2. The van der Waals surface area contributed by atoms with Crippen LogP contribution in [-0.4, -0.2) is 36.7 Å². The van der Waals surface area contributed by atoms with Gasteiger partial charge in [0.15, 0.2) is 0 Å². The maximum absolute atomic E-state index is 13.2. The van der Waals surface area contributed by atoms with Crippen LogP contribution in [0.2, 0.25) is 0 Å². The molecule has 1 aromatic rings. The van der Waals surface area contributed by atoms with E-state index in [-0.39, 0.29) is 18.4 Å². The topological polar surface area (TPSA) is 75.6 Å². The number of ether oxygens (including phenoxy) is 1. The van der Waals surface area contributed by atoms with E-state index in [2.05, 4.69) is 5.32 Å². The molecule has 1 aliphatic heterocycles. The second-order valence-corrected chi connectivity index (χ2v) is 7.71. The van der Waals surface area contributed by atoms with Crippen LogP contribution in [0.15, 0.2) is 24.3 Å². The van der Waals surface area contributed by atoms with Crippen LogP contribution in [-0.2, 0) is 19.7 Å². The van der Waals surface area contributed by atoms with Gasteiger partial charge in [0.05, 0.1) is 11.3 Å². The Morgan fingerprint density at radius 2 is 1.88 bits per heavy atom. The van der Waals surface area contributed by atoms with E-state index < -0.39 is 17.3 Å². The zero-order chi connectivity index (χ0) is 18.6. The Hall–Kier alpha value is -1.88. The summed E-state index contributed by atoms with van der Waals surface area (Å²) in [4.78, 5) is 24.9. The molecule has 142 valence electrons. The van der Waals surface area contributed by atoms with Gasteiger partial charge >= 0.3 is 5.97 Å². The molecular formula is C21H29NO4. The molecule has 1 heterocycles. The Morgan fingerprint density at radius 1 is 1.23 bits per heavy atom. The number of aliphatic carboxylic acids is 1. The van der Waals surface area contributed by atoms with Crippen molar-refractivity contribution in [3.8, 4) is 0 Å². The molecule has 2 aliphatic rings. The minimum atomic E-state index is -0.825. The number of nitrogens with one attached hydrogen (secondary N) is 1. The van der Waals surface area contributed by atoms with E-state index in [4.69, 9.17) is 4.74 Å². The van der Waals surface area contributed by atoms with Crippen LogP contribution >= 0.6 is 0 Å². The fraction of sp³-hybridized carbons (Fsp3) is 0.619. The van der Waals surface area contributed by atoms with Gasteiger partial charge in [-0.25, -0.2) is 0 Å². The van der Waals surface area contributed by atoms with Crippen molar-refractivity contribution < 1.29 is 19.4 Å². The van der Waals surface area contributed by atoms with Crippen LogP contribution in [0.1, 0.15) is 49.7 Å².